The lowest BCUT2D eigenvalue weighted by Crippen LogP contribution is -1.91. The van der Waals surface area contributed by atoms with Crippen LogP contribution in [-0.4, -0.2) is 17.1 Å². The number of hydrogen-bond donors (Lipinski definition) is 0. The Bertz CT molecular complexity index is 532. The molecule has 2 aromatic rings. The van der Waals surface area contributed by atoms with Gasteiger partial charge in [0.05, 0.1) is 7.11 Å². The summed E-state index contributed by atoms with van der Waals surface area (Å²) in [5.41, 5.74) is 1.06. The highest BCUT2D eigenvalue weighted by molar-refractivity contribution is 9.10. The van der Waals surface area contributed by atoms with Gasteiger partial charge in [0.15, 0.2) is 0 Å². The summed E-state index contributed by atoms with van der Waals surface area (Å²) in [6, 6.07) is 7.33. The zero-order valence-corrected chi connectivity index (χ0v) is 11.1. The van der Waals surface area contributed by atoms with E-state index in [1.54, 1.807) is 13.2 Å². The highest BCUT2D eigenvalue weighted by Gasteiger charge is 2.03. The molecule has 0 fully saturated rings. The van der Waals surface area contributed by atoms with Crippen molar-refractivity contribution in [3.63, 3.8) is 0 Å². The Kier molecular flexibility index (Phi) is 3.58. The molecule has 0 bridgehead atoms. The minimum absolute atomic E-state index is 0.484. The SMILES string of the molecule is COc1cc(Oc2cc(Br)ncn2)ccc1C. The van der Waals surface area contributed by atoms with Crippen LogP contribution in [0.25, 0.3) is 0 Å². The van der Waals surface area contributed by atoms with Gasteiger partial charge in [-0.3, -0.25) is 0 Å². The summed E-state index contributed by atoms with van der Waals surface area (Å²) in [5.74, 6) is 1.95. The average molecular weight is 295 g/mol. The standard InChI is InChI=1S/C12H11BrN2O2/c1-8-3-4-9(5-10(8)16-2)17-12-6-11(13)14-7-15-12/h3-7H,1-2H3. The molecular formula is C12H11BrN2O2. The van der Waals surface area contributed by atoms with E-state index in [0.717, 1.165) is 11.3 Å². The van der Waals surface area contributed by atoms with Gasteiger partial charge >= 0.3 is 0 Å². The zero-order chi connectivity index (χ0) is 12.3. The molecule has 5 heteroatoms. The number of aryl methyl sites for hydroxylation is 1. The van der Waals surface area contributed by atoms with Crippen LogP contribution in [0.5, 0.6) is 17.4 Å². The third-order valence-electron chi connectivity index (χ3n) is 2.21. The van der Waals surface area contributed by atoms with Gasteiger partial charge in [-0.1, -0.05) is 6.07 Å². The Morgan fingerprint density at radius 1 is 1.18 bits per heavy atom. The maximum absolute atomic E-state index is 5.60. The van der Waals surface area contributed by atoms with Crippen molar-refractivity contribution in [1.29, 1.82) is 0 Å². The van der Waals surface area contributed by atoms with Crippen LogP contribution >= 0.6 is 15.9 Å². The van der Waals surface area contributed by atoms with Crippen LogP contribution in [0.15, 0.2) is 35.2 Å². The highest BCUT2D eigenvalue weighted by Crippen LogP contribution is 2.27. The average Bonchev–Trinajstić information content (AvgIpc) is 2.32. The molecular weight excluding hydrogens is 284 g/mol. The second kappa shape index (κ2) is 5.14. The molecule has 0 saturated carbocycles. The molecule has 17 heavy (non-hydrogen) atoms. The van der Waals surface area contributed by atoms with Gasteiger partial charge in [-0.05, 0) is 34.5 Å². The quantitative estimate of drug-likeness (QED) is 0.815. The van der Waals surface area contributed by atoms with Crippen LogP contribution in [0.1, 0.15) is 5.56 Å². The van der Waals surface area contributed by atoms with E-state index in [2.05, 4.69) is 25.9 Å². The van der Waals surface area contributed by atoms with E-state index in [1.807, 2.05) is 25.1 Å². The normalized spacial score (nSPS) is 10.1. The first-order chi connectivity index (χ1) is 8.19. The topological polar surface area (TPSA) is 44.2 Å². The first-order valence-corrected chi connectivity index (χ1v) is 5.78. The van der Waals surface area contributed by atoms with Gasteiger partial charge in [0, 0.05) is 12.1 Å². The van der Waals surface area contributed by atoms with Crippen LogP contribution < -0.4 is 9.47 Å². The highest BCUT2D eigenvalue weighted by atomic mass is 79.9. The molecule has 0 amide bonds. The number of halogens is 1. The molecule has 0 aliphatic carbocycles. The van der Waals surface area contributed by atoms with Crippen molar-refractivity contribution in [2.45, 2.75) is 6.92 Å². The number of hydrogen-bond acceptors (Lipinski definition) is 4. The van der Waals surface area contributed by atoms with E-state index in [9.17, 15) is 0 Å². The van der Waals surface area contributed by atoms with Gasteiger partial charge in [-0.15, -0.1) is 0 Å². The maximum atomic E-state index is 5.60. The predicted octanol–water partition coefficient (Wildman–Crippen LogP) is 3.35. The van der Waals surface area contributed by atoms with E-state index in [4.69, 9.17) is 9.47 Å². The molecule has 0 N–H and O–H groups in total. The lowest BCUT2D eigenvalue weighted by atomic mass is 10.2. The molecule has 2 rings (SSSR count). The number of benzene rings is 1. The van der Waals surface area contributed by atoms with Crippen molar-refractivity contribution in [3.05, 3.63) is 40.8 Å². The van der Waals surface area contributed by atoms with E-state index in [1.165, 1.54) is 6.33 Å². The molecule has 0 aliphatic heterocycles. The van der Waals surface area contributed by atoms with E-state index < -0.39 is 0 Å². The number of ether oxygens (including phenoxy) is 2. The van der Waals surface area contributed by atoms with Crippen molar-refractivity contribution in [2.24, 2.45) is 0 Å². The Morgan fingerprint density at radius 3 is 2.71 bits per heavy atom. The fourth-order valence-corrected chi connectivity index (χ4v) is 1.65. The minimum Gasteiger partial charge on any atom is -0.496 e. The molecule has 0 saturated heterocycles. The van der Waals surface area contributed by atoms with Crippen molar-refractivity contribution < 1.29 is 9.47 Å². The van der Waals surface area contributed by atoms with Gasteiger partial charge < -0.3 is 9.47 Å². The van der Waals surface area contributed by atoms with Crippen molar-refractivity contribution in [3.8, 4) is 17.4 Å². The van der Waals surface area contributed by atoms with Crippen LogP contribution in [0.3, 0.4) is 0 Å². The van der Waals surface area contributed by atoms with E-state index in [0.29, 0.717) is 16.2 Å². The summed E-state index contributed by atoms with van der Waals surface area (Å²) in [5, 5.41) is 0. The lowest BCUT2D eigenvalue weighted by molar-refractivity contribution is 0.404. The second-order valence-corrected chi connectivity index (χ2v) is 4.22. The van der Waals surface area contributed by atoms with Crippen molar-refractivity contribution >= 4 is 15.9 Å². The van der Waals surface area contributed by atoms with E-state index >= 15 is 0 Å². The van der Waals surface area contributed by atoms with Crippen LogP contribution in [0, 0.1) is 6.92 Å². The van der Waals surface area contributed by atoms with Crippen molar-refractivity contribution in [1.82, 2.24) is 9.97 Å². The number of nitrogens with zero attached hydrogens (tertiary/aromatic N) is 2. The molecule has 0 spiro atoms. The molecule has 0 atom stereocenters. The van der Waals surface area contributed by atoms with Crippen LogP contribution in [-0.2, 0) is 0 Å². The molecule has 88 valence electrons. The summed E-state index contributed by atoms with van der Waals surface area (Å²) < 4.78 is 11.5. The minimum atomic E-state index is 0.484. The monoisotopic (exact) mass is 294 g/mol. The van der Waals surface area contributed by atoms with Crippen LogP contribution in [0.2, 0.25) is 0 Å². The molecule has 0 radical (unpaired) electrons. The lowest BCUT2D eigenvalue weighted by Gasteiger charge is -2.08. The van der Waals surface area contributed by atoms with Gasteiger partial charge in [-0.25, -0.2) is 9.97 Å². The summed E-state index contributed by atoms with van der Waals surface area (Å²) in [7, 11) is 1.63. The van der Waals surface area contributed by atoms with Gasteiger partial charge in [0.25, 0.3) is 0 Å². The first kappa shape index (κ1) is 11.9. The van der Waals surface area contributed by atoms with Gasteiger partial charge in [0.1, 0.15) is 22.4 Å². The molecule has 0 unspecified atom stereocenters. The summed E-state index contributed by atoms with van der Waals surface area (Å²) in [6.45, 7) is 1.98. The molecule has 1 aromatic carbocycles. The summed E-state index contributed by atoms with van der Waals surface area (Å²) >= 11 is 3.26. The Morgan fingerprint density at radius 2 is 2.00 bits per heavy atom. The number of methoxy groups -OCH3 is 1. The smallest absolute Gasteiger partial charge is 0.223 e. The third kappa shape index (κ3) is 2.94. The zero-order valence-electron chi connectivity index (χ0n) is 9.48. The Balaban J connectivity index is 2.24. The third-order valence-corrected chi connectivity index (χ3v) is 2.64. The fourth-order valence-electron chi connectivity index (χ4n) is 1.36. The molecule has 1 heterocycles. The summed E-state index contributed by atoms with van der Waals surface area (Å²) in [6.07, 6.45) is 1.44. The number of aromatic nitrogens is 2. The second-order valence-electron chi connectivity index (χ2n) is 3.41. The van der Waals surface area contributed by atoms with Gasteiger partial charge in [0.2, 0.25) is 5.88 Å². The number of rotatable bonds is 3. The largest absolute Gasteiger partial charge is 0.496 e. The first-order valence-electron chi connectivity index (χ1n) is 4.99. The van der Waals surface area contributed by atoms with Crippen molar-refractivity contribution in [2.75, 3.05) is 7.11 Å². The summed E-state index contributed by atoms with van der Waals surface area (Å²) in [4.78, 5) is 7.94. The fraction of sp³-hybridized carbons (Fsp3) is 0.167. The predicted molar refractivity (Wildman–Crippen MR) is 67.5 cm³/mol. The molecule has 4 nitrogen and oxygen atoms in total. The van der Waals surface area contributed by atoms with Crippen LogP contribution in [0.4, 0.5) is 0 Å². The maximum Gasteiger partial charge on any atom is 0.223 e. The van der Waals surface area contributed by atoms with E-state index in [-0.39, 0.29) is 0 Å². The molecule has 0 aliphatic rings. The Hall–Kier alpha value is -1.62. The Labute approximate surface area is 108 Å². The molecule has 1 aromatic heterocycles. The van der Waals surface area contributed by atoms with Gasteiger partial charge in [-0.2, -0.15) is 0 Å².